The normalized spacial score (nSPS) is 18.8. The lowest BCUT2D eigenvalue weighted by molar-refractivity contribution is 0.188. The fraction of sp³-hybridized carbons (Fsp3) is 1.00. The number of hydrogen-bond donors (Lipinski definition) is 2. The summed E-state index contributed by atoms with van der Waals surface area (Å²) >= 11 is 0. The van der Waals surface area contributed by atoms with E-state index in [1.165, 1.54) is 12.8 Å². The highest BCUT2D eigenvalue weighted by molar-refractivity contribution is 4.85. The first kappa shape index (κ1) is 12.9. The molecule has 90 valence electrons. The third-order valence-corrected chi connectivity index (χ3v) is 3.17. The Hall–Kier alpha value is -0.120. The summed E-state index contributed by atoms with van der Waals surface area (Å²) in [7, 11) is 0. The van der Waals surface area contributed by atoms with Gasteiger partial charge >= 0.3 is 0 Å². The highest BCUT2D eigenvalue weighted by Crippen LogP contribution is 2.19. The Labute approximate surface area is 93.9 Å². The van der Waals surface area contributed by atoms with Gasteiger partial charge in [-0.25, -0.2) is 0 Å². The molecule has 0 aromatic rings. The van der Waals surface area contributed by atoms with Gasteiger partial charge in [-0.3, -0.25) is 0 Å². The molecule has 1 atom stereocenters. The lowest BCUT2D eigenvalue weighted by Crippen LogP contribution is -2.39. The van der Waals surface area contributed by atoms with Crippen LogP contribution < -0.4 is 5.32 Å². The van der Waals surface area contributed by atoms with E-state index in [2.05, 4.69) is 31.0 Å². The molecule has 3 nitrogen and oxygen atoms in total. The van der Waals surface area contributed by atoms with Crippen molar-refractivity contribution in [1.29, 1.82) is 0 Å². The van der Waals surface area contributed by atoms with Crippen molar-refractivity contribution in [3.8, 4) is 0 Å². The smallest absolute Gasteiger partial charge is 0.0585 e. The van der Waals surface area contributed by atoms with Crippen LogP contribution in [0.2, 0.25) is 0 Å². The molecule has 0 bridgehead atoms. The molecule has 0 spiro atoms. The Balaban J connectivity index is 2.18. The minimum absolute atomic E-state index is 0.270. The Bertz CT molecular complexity index is 169. The maximum absolute atomic E-state index is 9.25. The number of nitrogens with one attached hydrogen (secondary N) is 1. The van der Waals surface area contributed by atoms with E-state index in [4.69, 9.17) is 0 Å². The Morgan fingerprint density at radius 1 is 1.40 bits per heavy atom. The standard InChI is InChI=1S/C12H26N2O/c1-4-14(10(2)3)8-7-12(9-15)13-11-5-6-11/h10-13,15H,4-9H2,1-3H3. The molecule has 0 aromatic heterocycles. The zero-order valence-corrected chi connectivity index (χ0v) is 10.4. The SMILES string of the molecule is CCN(CCC(CO)NC1CC1)C(C)C. The molecule has 1 aliphatic carbocycles. The van der Waals surface area contributed by atoms with Crippen LogP contribution in [0.1, 0.15) is 40.0 Å². The average Bonchev–Trinajstić information content (AvgIpc) is 3.00. The van der Waals surface area contributed by atoms with E-state index in [1.807, 2.05) is 0 Å². The predicted octanol–water partition coefficient (Wildman–Crippen LogP) is 1.22. The van der Waals surface area contributed by atoms with Gasteiger partial charge in [-0.2, -0.15) is 0 Å². The molecule has 1 fully saturated rings. The molecule has 3 heteroatoms. The van der Waals surface area contributed by atoms with Crippen molar-refractivity contribution in [3.63, 3.8) is 0 Å². The Kier molecular flexibility index (Phi) is 5.58. The van der Waals surface area contributed by atoms with Gasteiger partial charge in [-0.1, -0.05) is 6.92 Å². The lowest BCUT2D eigenvalue weighted by Gasteiger charge is -2.27. The zero-order valence-electron chi connectivity index (χ0n) is 10.4. The van der Waals surface area contributed by atoms with E-state index in [-0.39, 0.29) is 6.61 Å². The first-order valence-corrected chi connectivity index (χ1v) is 6.28. The first-order chi connectivity index (χ1) is 7.17. The van der Waals surface area contributed by atoms with Gasteiger partial charge < -0.3 is 15.3 Å². The minimum atomic E-state index is 0.270. The molecule has 0 aliphatic heterocycles. The molecular weight excluding hydrogens is 188 g/mol. The second kappa shape index (κ2) is 6.46. The monoisotopic (exact) mass is 214 g/mol. The molecule has 0 aromatic carbocycles. The van der Waals surface area contributed by atoms with Gasteiger partial charge in [-0.15, -0.1) is 0 Å². The molecule has 0 heterocycles. The lowest BCUT2D eigenvalue weighted by atomic mass is 10.2. The second-order valence-electron chi connectivity index (χ2n) is 4.83. The third-order valence-electron chi connectivity index (χ3n) is 3.17. The molecule has 0 radical (unpaired) electrons. The van der Waals surface area contributed by atoms with Crippen LogP contribution in [0.5, 0.6) is 0 Å². The summed E-state index contributed by atoms with van der Waals surface area (Å²) in [5.74, 6) is 0. The number of nitrogens with zero attached hydrogens (tertiary/aromatic N) is 1. The van der Waals surface area contributed by atoms with Gasteiger partial charge in [0, 0.05) is 18.1 Å². The van der Waals surface area contributed by atoms with E-state index in [1.54, 1.807) is 0 Å². The molecular formula is C12H26N2O. The molecule has 0 saturated heterocycles. The van der Waals surface area contributed by atoms with Crippen molar-refractivity contribution < 1.29 is 5.11 Å². The maximum Gasteiger partial charge on any atom is 0.0585 e. The van der Waals surface area contributed by atoms with Crippen molar-refractivity contribution in [2.24, 2.45) is 0 Å². The summed E-state index contributed by atoms with van der Waals surface area (Å²) in [6, 6.07) is 1.59. The van der Waals surface area contributed by atoms with E-state index < -0.39 is 0 Å². The predicted molar refractivity (Wildman–Crippen MR) is 64.0 cm³/mol. The average molecular weight is 214 g/mol. The highest BCUT2D eigenvalue weighted by atomic mass is 16.3. The number of aliphatic hydroxyl groups is 1. The van der Waals surface area contributed by atoms with E-state index in [9.17, 15) is 5.11 Å². The van der Waals surface area contributed by atoms with Crippen molar-refractivity contribution in [1.82, 2.24) is 10.2 Å². The molecule has 1 saturated carbocycles. The molecule has 0 amide bonds. The topological polar surface area (TPSA) is 35.5 Å². The molecule has 15 heavy (non-hydrogen) atoms. The highest BCUT2D eigenvalue weighted by Gasteiger charge is 2.24. The van der Waals surface area contributed by atoms with Gasteiger partial charge in [0.05, 0.1) is 6.61 Å². The number of rotatable bonds is 8. The van der Waals surface area contributed by atoms with Crippen molar-refractivity contribution in [2.75, 3.05) is 19.7 Å². The zero-order chi connectivity index (χ0) is 11.3. The summed E-state index contributed by atoms with van der Waals surface area (Å²) in [5, 5.41) is 12.7. The van der Waals surface area contributed by atoms with E-state index in [0.29, 0.717) is 18.1 Å². The third kappa shape index (κ3) is 4.96. The van der Waals surface area contributed by atoms with Crippen LogP contribution in [0.15, 0.2) is 0 Å². The van der Waals surface area contributed by atoms with Gasteiger partial charge in [0.25, 0.3) is 0 Å². The van der Waals surface area contributed by atoms with Crippen molar-refractivity contribution in [2.45, 2.75) is 58.2 Å². The van der Waals surface area contributed by atoms with Crippen LogP contribution in [-0.2, 0) is 0 Å². The fourth-order valence-corrected chi connectivity index (χ4v) is 1.91. The van der Waals surface area contributed by atoms with Gasteiger partial charge in [-0.05, 0) is 46.2 Å². The van der Waals surface area contributed by atoms with Crippen LogP contribution in [0.4, 0.5) is 0 Å². The molecule has 1 rings (SSSR count). The summed E-state index contributed by atoms with van der Waals surface area (Å²) < 4.78 is 0. The summed E-state index contributed by atoms with van der Waals surface area (Å²) in [5.41, 5.74) is 0. The summed E-state index contributed by atoms with van der Waals surface area (Å²) in [4.78, 5) is 2.44. The van der Waals surface area contributed by atoms with E-state index in [0.717, 1.165) is 19.5 Å². The van der Waals surface area contributed by atoms with Crippen molar-refractivity contribution >= 4 is 0 Å². The van der Waals surface area contributed by atoms with Crippen LogP contribution in [0.3, 0.4) is 0 Å². The van der Waals surface area contributed by atoms with Crippen LogP contribution in [0, 0.1) is 0 Å². The van der Waals surface area contributed by atoms with Crippen LogP contribution in [0.25, 0.3) is 0 Å². The van der Waals surface area contributed by atoms with Gasteiger partial charge in [0.2, 0.25) is 0 Å². The fourth-order valence-electron chi connectivity index (χ4n) is 1.91. The maximum atomic E-state index is 9.25. The summed E-state index contributed by atoms with van der Waals surface area (Å²) in [6.07, 6.45) is 3.63. The minimum Gasteiger partial charge on any atom is -0.395 e. The van der Waals surface area contributed by atoms with Crippen LogP contribution >= 0.6 is 0 Å². The van der Waals surface area contributed by atoms with Gasteiger partial charge in [0.1, 0.15) is 0 Å². The Morgan fingerprint density at radius 3 is 2.47 bits per heavy atom. The largest absolute Gasteiger partial charge is 0.395 e. The first-order valence-electron chi connectivity index (χ1n) is 6.28. The van der Waals surface area contributed by atoms with Crippen molar-refractivity contribution in [3.05, 3.63) is 0 Å². The van der Waals surface area contributed by atoms with Gasteiger partial charge in [0.15, 0.2) is 0 Å². The number of hydrogen-bond acceptors (Lipinski definition) is 3. The molecule has 1 unspecified atom stereocenters. The molecule has 2 N–H and O–H groups in total. The summed E-state index contributed by atoms with van der Waals surface area (Å²) in [6.45, 7) is 9.10. The van der Waals surface area contributed by atoms with E-state index >= 15 is 0 Å². The second-order valence-corrected chi connectivity index (χ2v) is 4.83. The number of aliphatic hydroxyl groups excluding tert-OH is 1. The Morgan fingerprint density at radius 2 is 2.07 bits per heavy atom. The van der Waals surface area contributed by atoms with Crippen LogP contribution in [-0.4, -0.2) is 47.8 Å². The molecule has 1 aliphatic rings. The quantitative estimate of drug-likeness (QED) is 0.638.